The van der Waals surface area contributed by atoms with Gasteiger partial charge in [-0.25, -0.2) is 0 Å². The first-order chi connectivity index (χ1) is 8.15. The zero-order valence-corrected chi connectivity index (χ0v) is 10.7. The summed E-state index contributed by atoms with van der Waals surface area (Å²) in [6.45, 7) is 13.1. The van der Waals surface area contributed by atoms with E-state index >= 15 is 0 Å². The molecule has 17 heavy (non-hydrogen) atoms. The van der Waals surface area contributed by atoms with Gasteiger partial charge in [-0.1, -0.05) is 20.4 Å². The van der Waals surface area contributed by atoms with Crippen molar-refractivity contribution in [2.24, 2.45) is 0 Å². The van der Waals surface area contributed by atoms with Gasteiger partial charge in [0.15, 0.2) is 0 Å². The second-order valence-electron chi connectivity index (χ2n) is 4.94. The van der Waals surface area contributed by atoms with E-state index in [0.29, 0.717) is 6.04 Å². The Bertz CT molecular complexity index is 382. The molecular weight excluding hydrogens is 214 g/mol. The van der Waals surface area contributed by atoms with Crippen LogP contribution in [0.4, 0.5) is 0 Å². The molecule has 5 nitrogen and oxygen atoms in total. The number of fused-ring (bicyclic) bond motifs is 1. The smallest absolute Gasteiger partial charge is 0.147 e. The highest BCUT2D eigenvalue weighted by Gasteiger charge is 2.17. The van der Waals surface area contributed by atoms with Gasteiger partial charge in [-0.15, -0.1) is 10.2 Å². The van der Waals surface area contributed by atoms with Crippen LogP contribution in [0.3, 0.4) is 0 Å². The summed E-state index contributed by atoms with van der Waals surface area (Å²) >= 11 is 0. The molecule has 1 aliphatic heterocycles. The van der Waals surface area contributed by atoms with Gasteiger partial charge in [-0.2, -0.15) is 0 Å². The third kappa shape index (κ3) is 3.38. The fourth-order valence-electron chi connectivity index (χ4n) is 1.97. The summed E-state index contributed by atoms with van der Waals surface area (Å²) in [5, 5.41) is 11.4. The Morgan fingerprint density at radius 2 is 2.35 bits per heavy atom. The Morgan fingerprint density at radius 3 is 3.12 bits per heavy atom. The second kappa shape index (κ2) is 5.42. The van der Waals surface area contributed by atoms with Crippen molar-refractivity contribution in [2.45, 2.75) is 33.0 Å². The molecule has 5 heteroatoms. The van der Waals surface area contributed by atoms with Crippen molar-refractivity contribution < 1.29 is 0 Å². The molecule has 0 radical (unpaired) electrons. The maximum atomic E-state index is 4.12. The zero-order valence-electron chi connectivity index (χ0n) is 10.7. The molecule has 2 rings (SSSR count). The van der Waals surface area contributed by atoms with Crippen molar-refractivity contribution in [1.29, 1.82) is 0 Å². The average Bonchev–Trinajstić information content (AvgIpc) is 2.73. The Morgan fingerprint density at radius 1 is 1.53 bits per heavy atom. The number of aromatic nitrogens is 3. The maximum absolute atomic E-state index is 4.12. The quantitative estimate of drug-likeness (QED) is 0.761. The Balaban J connectivity index is 1.79. The first kappa shape index (κ1) is 12.3. The standard InChI is InChI=1S/C12H21N5/c1-10(2)13-6-11(3)7-16-4-5-17-9-14-15-12(17)8-16/h9-10,13H,3-8H2,1-2H3. The summed E-state index contributed by atoms with van der Waals surface area (Å²) < 4.78 is 2.12. The number of rotatable bonds is 5. The van der Waals surface area contributed by atoms with E-state index in [1.807, 2.05) is 6.33 Å². The number of nitrogens with zero attached hydrogens (tertiary/aromatic N) is 4. The maximum Gasteiger partial charge on any atom is 0.147 e. The van der Waals surface area contributed by atoms with Crippen molar-refractivity contribution in [3.63, 3.8) is 0 Å². The molecule has 0 amide bonds. The third-order valence-corrected chi connectivity index (χ3v) is 2.93. The van der Waals surface area contributed by atoms with Crippen molar-refractivity contribution >= 4 is 0 Å². The minimum absolute atomic E-state index is 0.510. The molecular formula is C12H21N5. The van der Waals surface area contributed by atoms with Crippen LogP contribution in [-0.4, -0.2) is 45.3 Å². The van der Waals surface area contributed by atoms with Gasteiger partial charge in [-0.05, 0) is 5.57 Å². The summed E-state index contributed by atoms with van der Waals surface area (Å²) in [5.74, 6) is 1.06. The lowest BCUT2D eigenvalue weighted by Gasteiger charge is -2.27. The summed E-state index contributed by atoms with van der Waals surface area (Å²) in [7, 11) is 0. The Kier molecular flexibility index (Phi) is 3.91. The molecule has 1 N–H and O–H groups in total. The summed E-state index contributed by atoms with van der Waals surface area (Å²) in [6.07, 6.45) is 1.81. The van der Waals surface area contributed by atoms with Crippen molar-refractivity contribution in [3.8, 4) is 0 Å². The summed E-state index contributed by atoms with van der Waals surface area (Å²) in [6, 6.07) is 0.510. The van der Waals surface area contributed by atoms with Gasteiger partial charge in [-0.3, -0.25) is 4.90 Å². The van der Waals surface area contributed by atoms with Crippen molar-refractivity contribution in [3.05, 3.63) is 24.3 Å². The molecule has 0 saturated carbocycles. The molecule has 0 atom stereocenters. The highest BCUT2D eigenvalue weighted by atomic mass is 15.3. The zero-order chi connectivity index (χ0) is 12.3. The molecule has 0 unspecified atom stereocenters. The van der Waals surface area contributed by atoms with Gasteiger partial charge < -0.3 is 9.88 Å². The van der Waals surface area contributed by atoms with Crippen LogP contribution in [0, 0.1) is 0 Å². The third-order valence-electron chi connectivity index (χ3n) is 2.93. The van der Waals surface area contributed by atoms with Crippen LogP contribution < -0.4 is 5.32 Å². The van der Waals surface area contributed by atoms with Gasteiger partial charge in [0.05, 0.1) is 6.54 Å². The molecule has 0 saturated heterocycles. The highest BCUT2D eigenvalue weighted by Crippen LogP contribution is 2.10. The van der Waals surface area contributed by atoms with Crippen LogP contribution in [0.1, 0.15) is 19.7 Å². The van der Waals surface area contributed by atoms with Gasteiger partial charge in [0.2, 0.25) is 0 Å². The van der Waals surface area contributed by atoms with Gasteiger partial charge in [0.25, 0.3) is 0 Å². The topological polar surface area (TPSA) is 46.0 Å². The van der Waals surface area contributed by atoms with E-state index in [0.717, 1.165) is 38.5 Å². The highest BCUT2D eigenvalue weighted by molar-refractivity contribution is 5.02. The fraction of sp³-hybridized carbons (Fsp3) is 0.667. The van der Waals surface area contributed by atoms with Crippen LogP contribution in [0.2, 0.25) is 0 Å². The van der Waals surface area contributed by atoms with Crippen LogP contribution >= 0.6 is 0 Å². The van der Waals surface area contributed by atoms with E-state index in [-0.39, 0.29) is 0 Å². The number of hydrogen-bond acceptors (Lipinski definition) is 4. The van der Waals surface area contributed by atoms with Crippen LogP contribution in [0.15, 0.2) is 18.5 Å². The van der Waals surface area contributed by atoms with Crippen LogP contribution in [0.25, 0.3) is 0 Å². The van der Waals surface area contributed by atoms with E-state index in [9.17, 15) is 0 Å². The van der Waals surface area contributed by atoms with Gasteiger partial charge in [0, 0.05) is 32.2 Å². The number of nitrogens with one attached hydrogen (secondary N) is 1. The van der Waals surface area contributed by atoms with E-state index in [2.05, 4.69) is 45.4 Å². The molecule has 1 aromatic heterocycles. The monoisotopic (exact) mass is 235 g/mol. The second-order valence-corrected chi connectivity index (χ2v) is 4.94. The van der Waals surface area contributed by atoms with Crippen LogP contribution in [-0.2, 0) is 13.1 Å². The van der Waals surface area contributed by atoms with Crippen molar-refractivity contribution in [2.75, 3.05) is 19.6 Å². The molecule has 0 spiro atoms. The van der Waals surface area contributed by atoms with Gasteiger partial charge >= 0.3 is 0 Å². The lowest BCUT2D eigenvalue weighted by Crippen LogP contribution is -2.36. The normalized spacial score (nSPS) is 16.2. The minimum atomic E-state index is 0.510. The first-order valence-corrected chi connectivity index (χ1v) is 6.14. The molecule has 2 heterocycles. The predicted octanol–water partition coefficient (Wildman–Crippen LogP) is 0.648. The van der Waals surface area contributed by atoms with E-state index < -0.39 is 0 Å². The minimum Gasteiger partial charge on any atom is -0.315 e. The van der Waals surface area contributed by atoms with Crippen molar-refractivity contribution in [1.82, 2.24) is 25.0 Å². The molecule has 0 aromatic carbocycles. The average molecular weight is 235 g/mol. The Labute approximate surface area is 103 Å². The predicted molar refractivity (Wildman–Crippen MR) is 67.6 cm³/mol. The molecule has 0 aliphatic carbocycles. The van der Waals surface area contributed by atoms with E-state index in [4.69, 9.17) is 0 Å². The lowest BCUT2D eigenvalue weighted by atomic mass is 10.2. The largest absolute Gasteiger partial charge is 0.315 e. The fourth-order valence-corrected chi connectivity index (χ4v) is 1.97. The first-order valence-electron chi connectivity index (χ1n) is 6.14. The number of hydrogen-bond donors (Lipinski definition) is 1. The van der Waals surface area contributed by atoms with E-state index in [1.165, 1.54) is 5.57 Å². The molecule has 0 bridgehead atoms. The molecule has 1 aliphatic rings. The lowest BCUT2D eigenvalue weighted by molar-refractivity contribution is 0.233. The molecule has 94 valence electrons. The van der Waals surface area contributed by atoms with E-state index in [1.54, 1.807) is 0 Å². The summed E-state index contributed by atoms with van der Waals surface area (Å²) in [5.41, 5.74) is 1.23. The molecule has 0 fully saturated rings. The Hall–Kier alpha value is -1.20. The van der Waals surface area contributed by atoms with Gasteiger partial charge in [0.1, 0.15) is 12.2 Å². The SMILES string of the molecule is C=C(CNC(C)C)CN1CCn2cnnc2C1. The van der Waals surface area contributed by atoms with Crippen LogP contribution in [0.5, 0.6) is 0 Å². The molecule has 1 aromatic rings. The summed E-state index contributed by atoms with van der Waals surface area (Å²) in [4.78, 5) is 2.37.